The molecule has 0 rings (SSSR count). The number of esters is 3. The molecule has 0 aliphatic rings. The zero-order valence-electron chi connectivity index (χ0n) is 44.7. The van der Waals surface area contributed by atoms with Crippen molar-refractivity contribution >= 4 is 17.9 Å². The average molecular weight is 940 g/mol. The van der Waals surface area contributed by atoms with Crippen molar-refractivity contribution in [2.45, 2.75) is 309 Å². The van der Waals surface area contributed by atoms with Crippen molar-refractivity contribution in [3.05, 3.63) is 48.6 Å². The quantitative estimate of drug-likeness (QED) is 0.0262. The smallest absolute Gasteiger partial charge is 0.306 e. The van der Waals surface area contributed by atoms with E-state index in [1.807, 2.05) is 0 Å². The molecule has 0 radical (unpaired) electrons. The molecule has 67 heavy (non-hydrogen) atoms. The third-order valence-corrected chi connectivity index (χ3v) is 12.8. The van der Waals surface area contributed by atoms with Crippen LogP contribution in [0.15, 0.2) is 48.6 Å². The van der Waals surface area contributed by atoms with Crippen LogP contribution in [0.5, 0.6) is 0 Å². The van der Waals surface area contributed by atoms with Crippen molar-refractivity contribution in [2.24, 2.45) is 0 Å². The Kier molecular flexibility index (Phi) is 53.8. The zero-order valence-corrected chi connectivity index (χ0v) is 44.7. The first-order valence-corrected chi connectivity index (χ1v) is 29.1. The summed E-state index contributed by atoms with van der Waals surface area (Å²) in [6, 6.07) is 0. The molecule has 0 N–H and O–H groups in total. The first-order valence-electron chi connectivity index (χ1n) is 29.1. The highest BCUT2D eigenvalue weighted by molar-refractivity contribution is 5.71. The Bertz CT molecular complexity index is 1170. The lowest BCUT2D eigenvalue weighted by Gasteiger charge is -2.18. The minimum absolute atomic E-state index is 0.0800. The number of hydrogen-bond acceptors (Lipinski definition) is 6. The summed E-state index contributed by atoms with van der Waals surface area (Å²) in [6.07, 6.45) is 68.3. The van der Waals surface area contributed by atoms with Crippen LogP contribution in [0.4, 0.5) is 0 Å². The van der Waals surface area contributed by atoms with E-state index < -0.39 is 6.10 Å². The van der Waals surface area contributed by atoms with Crippen molar-refractivity contribution in [3.63, 3.8) is 0 Å². The van der Waals surface area contributed by atoms with Gasteiger partial charge in [0.2, 0.25) is 0 Å². The second kappa shape index (κ2) is 56.0. The molecule has 6 heteroatoms. The van der Waals surface area contributed by atoms with Gasteiger partial charge in [-0.15, -0.1) is 0 Å². The second-order valence-corrected chi connectivity index (χ2v) is 19.5. The third-order valence-electron chi connectivity index (χ3n) is 12.8. The van der Waals surface area contributed by atoms with Gasteiger partial charge in [0.1, 0.15) is 13.2 Å². The minimum Gasteiger partial charge on any atom is -0.462 e. The van der Waals surface area contributed by atoms with E-state index in [9.17, 15) is 14.4 Å². The van der Waals surface area contributed by atoms with E-state index in [0.717, 1.165) is 103 Å². The molecule has 0 aromatic rings. The summed E-state index contributed by atoms with van der Waals surface area (Å²) in [5.74, 6) is -0.894. The van der Waals surface area contributed by atoms with Crippen molar-refractivity contribution in [1.29, 1.82) is 0 Å². The fourth-order valence-corrected chi connectivity index (χ4v) is 8.44. The van der Waals surface area contributed by atoms with Gasteiger partial charge in [-0.1, -0.05) is 262 Å². The second-order valence-electron chi connectivity index (χ2n) is 19.5. The summed E-state index contributed by atoms with van der Waals surface area (Å²) in [4.78, 5) is 38.1. The lowest BCUT2D eigenvalue weighted by Crippen LogP contribution is -2.30. The van der Waals surface area contributed by atoms with Gasteiger partial charge in [0, 0.05) is 19.3 Å². The van der Waals surface area contributed by atoms with Gasteiger partial charge in [0.25, 0.3) is 0 Å². The highest BCUT2D eigenvalue weighted by Gasteiger charge is 2.19. The SMILES string of the molecule is CC/C=C\C/C=C\C/C=C\CCCCCCCC(=O)OC(COC(=O)CCCCCCC/C=C\CCCC)COC(=O)CCCCCCCCCCCCCCCCCCCCCCCCC. The average Bonchev–Trinajstić information content (AvgIpc) is 3.33. The molecule has 0 aliphatic heterocycles. The van der Waals surface area contributed by atoms with Crippen LogP contribution in [0.25, 0.3) is 0 Å². The Labute approximate surface area is 416 Å². The maximum absolute atomic E-state index is 12.8. The van der Waals surface area contributed by atoms with E-state index in [2.05, 4.69) is 69.4 Å². The topological polar surface area (TPSA) is 78.9 Å². The Morgan fingerprint density at radius 1 is 0.313 bits per heavy atom. The molecule has 1 atom stereocenters. The van der Waals surface area contributed by atoms with Crippen LogP contribution in [0.1, 0.15) is 303 Å². The monoisotopic (exact) mass is 939 g/mol. The van der Waals surface area contributed by atoms with Gasteiger partial charge in [-0.3, -0.25) is 14.4 Å². The molecule has 0 heterocycles. The van der Waals surface area contributed by atoms with Crippen LogP contribution in [0, 0.1) is 0 Å². The molecule has 0 saturated carbocycles. The number of unbranched alkanes of at least 4 members (excludes halogenated alkanes) is 34. The van der Waals surface area contributed by atoms with Gasteiger partial charge in [0.15, 0.2) is 6.10 Å². The van der Waals surface area contributed by atoms with Crippen LogP contribution in [0.3, 0.4) is 0 Å². The van der Waals surface area contributed by atoms with Gasteiger partial charge in [-0.25, -0.2) is 0 Å². The van der Waals surface area contributed by atoms with Crippen LogP contribution < -0.4 is 0 Å². The summed E-state index contributed by atoms with van der Waals surface area (Å²) in [5.41, 5.74) is 0. The summed E-state index contributed by atoms with van der Waals surface area (Å²) in [6.45, 7) is 6.50. The van der Waals surface area contributed by atoms with Gasteiger partial charge >= 0.3 is 17.9 Å². The van der Waals surface area contributed by atoms with Crippen molar-refractivity contribution in [1.82, 2.24) is 0 Å². The largest absolute Gasteiger partial charge is 0.462 e. The van der Waals surface area contributed by atoms with Crippen LogP contribution in [-0.2, 0) is 28.6 Å². The molecule has 0 spiro atoms. The van der Waals surface area contributed by atoms with E-state index in [4.69, 9.17) is 14.2 Å². The molecule has 0 aliphatic carbocycles. The molecule has 0 aromatic carbocycles. The van der Waals surface area contributed by atoms with Crippen molar-refractivity contribution in [2.75, 3.05) is 13.2 Å². The maximum Gasteiger partial charge on any atom is 0.306 e. The number of ether oxygens (including phenoxy) is 3. The van der Waals surface area contributed by atoms with Gasteiger partial charge < -0.3 is 14.2 Å². The highest BCUT2D eigenvalue weighted by atomic mass is 16.6. The Hall–Kier alpha value is -2.63. The molecule has 0 saturated heterocycles. The Morgan fingerprint density at radius 2 is 0.597 bits per heavy atom. The molecular formula is C61H110O6. The highest BCUT2D eigenvalue weighted by Crippen LogP contribution is 2.17. The van der Waals surface area contributed by atoms with E-state index in [0.29, 0.717) is 19.3 Å². The summed E-state index contributed by atoms with van der Waals surface area (Å²) in [7, 11) is 0. The Morgan fingerprint density at radius 3 is 0.970 bits per heavy atom. The molecular weight excluding hydrogens is 829 g/mol. The predicted octanol–water partition coefficient (Wildman–Crippen LogP) is 19.4. The van der Waals surface area contributed by atoms with Gasteiger partial charge in [0.05, 0.1) is 0 Å². The summed E-state index contributed by atoms with van der Waals surface area (Å²) in [5, 5.41) is 0. The first kappa shape index (κ1) is 64.4. The number of rotatable bonds is 53. The number of allylic oxidation sites excluding steroid dienone is 8. The molecule has 1 unspecified atom stereocenters. The van der Waals surface area contributed by atoms with E-state index >= 15 is 0 Å². The fourth-order valence-electron chi connectivity index (χ4n) is 8.44. The zero-order chi connectivity index (χ0) is 48.6. The fraction of sp³-hybridized carbons (Fsp3) is 0.820. The summed E-state index contributed by atoms with van der Waals surface area (Å²) >= 11 is 0. The number of carbonyl (C=O) groups is 3. The van der Waals surface area contributed by atoms with Crippen molar-refractivity contribution in [3.8, 4) is 0 Å². The molecule has 390 valence electrons. The molecule has 0 fully saturated rings. The predicted molar refractivity (Wildman–Crippen MR) is 289 cm³/mol. The minimum atomic E-state index is -0.783. The van der Waals surface area contributed by atoms with Crippen LogP contribution in [-0.4, -0.2) is 37.2 Å². The Balaban J connectivity index is 4.24. The number of carbonyl (C=O) groups excluding carboxylic acids is 3. The molecule has 0 bridgehead atoms. The maximum atomic E-state index is 12.8. The molecule has 6 nitrogen and oxygen atoms in total. The first-order chi connectivity index (χ1) is 33.0. The van der Waals surface area contributed by atoms with Crippen LogP contribution >= 0.6 is 0 Å². The molecule has 0 amide bonds. The standard InChI is InChI=1S/C61H110O6/c1-4-7-10-13-16-19-22-24-26-27-28-29-30-31-32-33-35-36-39-42-45-48-51-54-60(63)66-57-58(56-65-59(62)53-50-47-44-41-38-21-18-15-12-9-6-3)67-61(64)55-52-49-46-43-40-37-34-25-23-20-17-14-11-8-5-2/h8,11,15,17-18,20,25,34,58H,4-7,9-10,12-14,16,19,21-24,26-33,35-57H2,1-3H3/b11-8-,18-15-,20-17-,34-25-. The third kappa shape index (κ3) is 54.2. The van der Waals surface area contributed by atoms with E-state index in [1.54, 1.807) is 0 Å². The van der Waals surface area contributed by atoms with E-state index in [-0.39, 0.29) is 31.1 Å². The van der Waals surface area contributed by atoms with Crippen molar-refractivity contribution < 1.29 is 28.6 Å². The van der Waals surface area contributed by atoms with Gasteiger partial charge in [-0.2, -0.15) is 0 Å². The van der Waals surface area contributed by atoms with Crippen LogP contribution in [0.2, 0.25) is 0 Å². The lowest BCUT2D eigenvalue weighted by atomic mass is 10.0. The summed E-state index contributed by atoms with van der Waals surface area (Å²) < 4.78 is 16.8. The number of hydrogen-bond donors (Lipinski definition) is 0. The van der Waals surface area contributed by atoms with E-state index in [1.165, 1.54) is 161 Å². The normalized spacial score (nSPS) is 12.3. The lowest BCUT2D eigenvalue weighted by molar-refractivity contribution is -0.167. The van der Waals surface area contributed by atoms with Gasteiger partial charge in [-0.05, 0) is 70.6 Å². The molecule has 0 aromatic heterocycles.